The number of benzene rings is 6. The number of halogens is 2. The maximum atomic E-state index is 12.6. The van der Waals surface area contributed by atoms with Crippen molar-refractivity contribution in [2.75, 3.05) is 34.3 Å². The molecule has 0 spiro atoms. The molecule has 0 aromatic heterocycles. The molecule has 62 heavy (non-hydrogen) atoms. The van der Waals surface area contributed by atoms with Gasteiger partial charge in [0.2, 0.25) is 0 Å². The SMILES string of the molecule is COc1cc(NC(=O)c2cccc(NS(=O)(=O)c3cccc(Cl)c3)c2)ccc1C(=O)O.COc1cc(NC(=O)c2cccc(NS(=O)(=O)c3cccc(Cl)c3)c2)ccc1C(=O)O. The van der Waals surface area contributed by atoms with Crippen LogP contribution in [0.2, 0.25) is 10.0 Å². The van der Waals surface area contributed by atoms with Crippen molar-refractivity contribution in [1.29, 1.82) is 0 Å². The Bertz CT molecular complexity index is 2720. The van der Waals surface area contributed by atoms with E-state index in [4.69, 9.17) is 42.9 Å². The molecule has 16 nitrogen and oxygen atoms in total. The molecule has 6 aromatic rings. The van der Waals surface area contributed by atoms with Crippen LogP contribution in [0.1, 0.15) is 41.4 Å². The summed E-state index contributed by atoms with van der Waals surface area (Å²) in [6.45, 7) is 0. The first-order valence-corrected chi connectivity index (χ1v) is 21.3. The van der Waals surface area contributed by atoms with Gasteiger partial charge in [-0.05, 0) is 97.1 Å². The van der Waals surface area contributed by atoms with Gasteiger partial charge in [0.1, 0.15) is 22.6 Å². The number of carboxylic acid groups (broad SMARTS) is 2. The zero-order valence-corrected chi connectivity index (χ0v) is 35.4. The third-order valence-electron chi connectivity index (χ3n) is 8.35. The van der Waals surface area contributed by atoms with Crippen molar-refractivity contribution in [3.05, 3.63) is 166 Å². The largest absolute Gasteiger partial charge is 0.496 e. The van der Waals surface area contributed by atoms with Crippen molar-refractivity contribution in [2.24, 2.45) is 0 Å². The predicted molar refractivity (Wildman–Crippen MR) is 233 cm³/mol. The van der Waals surface area contributed by atoms with Gasteiger partial charge in [0.15, 0.2) is 0 Å². The van der Waals surface area contributed by atoms with Gasteiger partial charge >= 0.3 is 11.9 Å². The molecule has 0 atom stereocenters. The Hall–Kier alpha value is -7.12. The van der Waals surface area contributed by atoms with E-state index in [-0.39, 0.29) is 65.0 Å². The Morgan fingerprint density at radius 3 is 1.19 bits per heavy atom. The van der Waals surface area contributed by atoms with Gasteiger partial charge in [-0.3, -0.25) is 19.0 Å². The highest BCUT2D eigenvalue weighted by Gasteiger charge is 2.19. The predicted octanol–water partition coefficient (Wildman–Crippen LogP) is 8.20. The number of hydrogen-bond donors (Lipinski definition) is 6. The third-order valence-corrected chi connectivity index (χ3v) is 11.6. The number of aromatic carboxylic acids is 2. The van der Waals surface area contributed by atoms with Crippen molar-refractivity contribution in [1.82, 2.24) is 0 Å². The first-order valence-electron chi connectivity index (χ1n) is 17.6. The molecule has 0 saturated heterocycles. The monoisotopic (exact) mass is 920 g/mol. The number of methoxy groups -OCH3 is 2. The van der Waals surface area contributed by atoms with Gasteiger partial charge < -0.3 is 30.3 Å². The second-order valence-corrected chi connectivity index (χ2v) is 16.9. The number of anilines is 4. The summed E-state index contributed by atoms with van der Waals surface area (Å²) >= 11 is 11.7. The number of carbonyl (C=O) groups excluding carboxylic acids is 2. The molecular weight excluding hydrogens is 888 g/mol. The van der Waals surface area contributed by atoms with Crippen molar-refractivity contribution in [3.8, 4) is 11.5 Å². The van der Waals surface area contributed by atoms with Gasteiger partial charge in [-0.2, -0.15) is 0 Å². The summed E-state index contributed by atoms with van der Waals surface area (Å²) in [4.78, 5) is 47.5. The second kappa shape index (κ2) is 20.0. The molecule has 0 saturated carbocycles. The van der Waals surface area contributed by atoms with Crippen LogP contribution in [0.3, 0.4) is 0 Å². The third kappa shape index (κ3) is 12.0. The van der Waals surface area contributed by atoms with E-state index < -0.39 is 43.8 Å². The molecule has 0 radical (unpaired) electrons. The fourth-order valence-corrected chi connectivity index (χ4v) is 8.14. The Morgan fingerprint density at radius 1 is 0.484 bits per heavy atom. The highest BCUT2D eigenvalue weighted by molar-refractivity contribution is 7.93. The summed E-state index contributed by atoms with van der Waals surface area (Å²) in [7, 11) is -5.15. The molecule has 20 heteroatoms. The normalized spacial score (nSPS) is 10.9. The van der Waals surface area contributed by atoms with Gasteiger partial charge in [0.05, 0.1) is 24.0 Å². The molecule has 0 aliphatic carbocycles. The Kier molecular flexibility index (Phi) is 14.8. The summed E-state index contributed by atoms with van der Waals surface area (Å²) < 4.78 is 65.1. The van der Waals surface area contributed by atoms with Crippen LogP contribution in [0.25, 0.3) is 0 Å². The number of sulfonamides is 2. The van der Waals surface area contributed by atoms with E-state index in [1.165, 1.54) is 136 Å². The Morgan fingerprint density at radius 2 is 0.855 bits per heavy atom. The summed E-state index contributed by atoms with van der Waals surface area (Å²) in [5.74, 6) is -3.17. The van der Waals surface area contributed by atoms with E-state index >= 15 is 0 Å². The van der Waals surface area contributed by atoms with E-state index in [0.29, 0.717) is 11.4 Å². The molecule has 0 heterocycles. The van der Waals surface area contributed by atoms with Gasteiger partial charge in [-0.25, -0.2) is 26.4 Å². The van der Waals surface area contributed by atoms with Crippen molar-refractivity contribution < 1.29 is 55.7 Å². The van der Waals surface area contributed by atoms with Gasteiger partial charge in [0.25, 0.3) is 31.9 Å². The van der Waals surface area contributed by atoms with E-state index in [9.17, 15) is 36.0 Å². The molecule has 0 bridgehead atoms. The fourth-order valence-electron chi connectivity index (χ4n) is 5.44. The highest BCUT2D eigenvalue weighted by atomic mass is 35.5. The minimum Gasteiger partial charge on any atom is -0.496 e. The minimum absolute atomic E-state index is 0.0135. The number of nitrogens with one attached hydrogen (secondary N) is 4. The van der Waals surface area contributed by atoms with Crippen LogP contribution < -0.4 is 29.6 Å². The summed E-state index contributed by atoms with van der Waals surface area (Å²) in [5.41, 5.74) is 1.29. The van der Waals surface area contributed by atoms with Crippen LogP contribution >= 0.6 is 23.2 Å². The molecule has 6 rings (SSSR count). The number of hydrogen-bond acceptors (Lipinski definition) is 10. The zero-order valence-electron chi connectivity index (χ0n) is 32.3. The molecule has 6 N–H and O–H groups in total. The number of carbonyl (C=O) groups is 4. The topological polar surface area (TPSA) is 244 Å². The molecule has 2 amide bonds. The van der Waals surface area contributed by atoms with Gasteiger partial charge in [-0.1, -0.05) is 47.5 Å². The van der Waals surface area contributed by atoms with E-state index in [2.05, 4.69) is 20.1 Å². The standard InChI is InChI=1S/2C21H17ClN2O6S/c2*1-30-19-12-15(8-9-18(19)21(26)27)23-20(25)13-4-2-6-16(10-13)24-31(28,29)17-7-3-5-14(22)11-17/h2*2-12,24H,1H3,(H,23,25)(H,26,27). The smallest absolute Gasteiger partial charge is 0.339 e. The van der Waals surface area contributed by atoms with E-state index in [0.717, 1.165) is 0 Å². The van der Waals surface area contributed by atoms with Crippen molar-refractivity contribution in [2.45, 2.75) is 9.79 Å². The van der Waals surface area contributed by atoms with E-state index in [1.807, 2.05) is 0 Å². The number of amides is 2. The average Bonchev–Trinajstić information content (AvgIpc) is 3.23. The first-order chi connectivity index (χ1) is 29.4. The second-order valence-electron chi connectivity index (χ2n) is 12.6. The molecule has 320 valence electrons. The molecule has 0 aliphatic heterocycles. The molecular formula is C42H34Cl2N4O12S2. The summed E-state index contributed by atoms with van der Waals surface area (Å²) in [6.07, 6.45) is 0. The van der Waals surface area contributed by atoms with Crippen LogP contribution in [-0.2, 0) is 20.0 Å². The van der Waals surface area contributed by atoms with Crippen LogP contribution in [0.4, 0.5) is 22.7 Å². The maximum Gasteiger partial charge on any atom is 0.339 e. The summed E-state index contributed by atoms with van der Waals surface area (Å²) in [5, 5.41) is 24.1. The van der Waals surface area contributed by atoms with Crippen LogP contribution in [0.5, 0.6) is 11.5 Å². The zero-order chi connectivity index (χ0) is 45.2. The quantitative estimate of drug-likeness (QED) is 0.0606. The minimum atomic E-state index is -3.90. The highest BCUT2D eigenvalue weighted by Crippen LogP contribution is 2.27. The number of carboxylic acids is 2. The van der Waals surface area contributed by atoms with E-state index in [1.54, 1.807) is 12.1 Å². The van der Waals surface area contributed by atoms with Crippen LogP contribution in [0, 0.1) is 0 Å². The molecule has 6 aromatic carbocycles. The lowest BCUT2D eigenvalue weighted by atomic mass is 10.1. The molecule has 0 fully saturated rings. The molecule has 0 aliphatic rings. The number of ether oxygens (including phenoxy) is 2. The fraction of sp³-hybridized carbons (Fsp3) is 0.0476. The lowest BCUT2D eigenvalue weighted by Gasteiger charge is -2.11. The van der Waals surface area contributed by atoms with Gasteiger partial charge in [0, 0.05) is 56.1 Å². The van der Waals surface area contributed by atoms with Gasteiger partial charge in [-0.15, -0.1) is 0 Å². The lowest BCUT2D eigenvalue weighted by Crippen LogP contribution is -2.15. The van der Waals surface area contributed by atoms with Crippen molar-refractivity contribution in [3.63, 3.8) is 0 Å². The first kappa shape index (κ1) is 46.0. The molecule has 0 unspecified atom stereocenters. The maximum absolute atomic E-state index is 12.6. The van der Waals surface area contributed by atoms with Crippen LogP contribution in [-0.4, -0.2) is 65.0 Å². The Balaban J connectivity index is 0.000000234. The lowest BCUT2D eigenvalue weighted by molar-refractivity contribution is 0.0682. The van der Waals surface area contributed by atoms with Crippen LogP contribution in [0.15, 0.2) is 143 Å². The average molecular weight is 922 g/mol. The van der Waals surface area contributed by atoms with Crippen molar-refractivity contribution >= 4 is 89.8 Å². The number of rotatable bonds is 14. The summed E-state index contributed by atoms with van der Waals surface area (Å²) in [6, 6.07) is 31.7. The Labute approximate surface area is 365 Å².